The van der Waals surface area contributed by atoms with Crippen LogP contribution in [0.5, 0.6) is 0 Å². The van der Waals surface area contributed by atoms with Crippen LogP contribution in [-0.2, 0) is 27.6 Å². The van der Waals surface area contributed by atoms with E-state index in [2.05, 4.69) is 0 Å². The fraction of sp³-hybridized carbons (Fsp3) is 1.00. The van der Waals surface area contributed by atoms with Gasteiger partial charge in [-0.3, -0.25) is 4.18 Å². The Hall–Kier alpha value is 0.00688. The Kier molecular flexibility index (Phi) is 9.86. The van der Waals surface area contributed by atoms with Gasteiger partial charge in [0.05, 0.1) is 12.4 Å². The molecular weight excluding hydrogens is 300 g/mol. The molecular formula is C12H28O6SSi. The number of hydrogen-bond acceptors (Lipinski definition) is 6. The molecule has 0 saturated heterocycles. The summed E-state index contributed by atoms with van der Waals surface area (Å²) in [6.07, 6.45) is 0. The maximum atomic E-state index is 11.8. The molecule has 0 bridgehead atoms. The van der Waals surface area contributed by atoms with Crippen LogP contribution in [0.25, 0.3) is 0 Å². The summed E-state index contributed by atoms with van der Waals surface area (Å²) in [5, 5.41) is 0. The van der Waals surface area contributed by atoms with Gasteiger partial charge in [0.1, 0.15) is 0 Å². The molecule has 0 amide bonds. The van der Waals surface area contributed by atoms with E-state index in [9.17, 15) is 8.42 Å². The highest BCUT2D eigenvalue weighted by Gasteiger charge is 2.41. The van der Waals surface area contributed by atoms with Crippen LogP contribution in [-0.4, -0.2) is 49.4 Å². The van der Waals surface area contributed by atoms with E-state index in [-0.39, 0.29) is 24.3 Å². The second-order valence-electron chi connectivity index (χ2n) is 4.67. The van der Waals surface area contributed by atoms with Crippen molar-refractivity contribution in [3.05, 3.63) is 0 Å². The molecule has 0 N–H and O–H groups in total. The van der Waals surface area contributed by atoms with Gasteiger partial charge in [0.15, 0.2) is 0 Å². The van der Waals surface area contributed by atoms with Gasteiger partial charge in [-0.05, 0) is 26.7 Å². The van der Waals surface area contributed by atoms with Gasteiger partial charge >= 0.3 is 8.80 Å². The fourth-order valence-electron chi connectivity index (χ4n) is 1.55. The van der Waals surface area contributed by atoms with Crippen LogP contribution in [0.1, 0.15) is 34.6 Å². The van der Waals surface area contributed by atoms with Gasteiger partial charge in [-0.15, -0.1) is 0 Å². The molecule has 20 heavy (non-hydrogen) atoms. The minimum atomic E-state index is -3.57. The monoisotopic (exact) mass is 328 g/mol. The van der Waals surface area contributed by atoms with Crippen LogP contribution in [0.4, 0.5) is 0 Å². The quantitative estimate of drug-likeness (QED) is 0.403. The molecule has 0 atom stereocenters. The maximum absolute atomic E-state index is 11.8. The Balaban J connectivity index is 4.64. The van der Waals surface area contributed by atoms with Crippen molar-refractivity contribution >= 4 is 18.9 Å². The van der Waals surface area contributed by atoms with Crippen molar-refractivity contribution in [2.24, 2.45) is 5.92 Å². The molecule has 0 aliphatic carbocycles. The molecule has 0 fully saturated rings. The lowest BCUT2D eigenvalue weighted by molar-refractivity contribution is 0.0725. The third-order valence-electron chi connectivity index (χ3n) is 2.33. The minimum Gasteiger partial charge on any atom is -0.374 e. The summed E-state index contributed by atoms with van der Waals surface area (Å²) >= 11 is 0. The molecule has 0 aromatic heterocycles. The molecule has 0 aliphatic rings. The predicted octanol–water partition coefficient (Wildman–Crippen LogP) is 2.04. The van der Waals surface area contributed by atoms with Crippen LogP contribution in [0.15, 0.2) is 0 Å². The molecule has 0 unspecified atom stereocenters. The smallest absolute Gasteiger partial charge is 0.374 e. The lowest BCUT2D eigenvalue weighted by atomic mass is 10.2. The predicted molar refractivity (Wildman–Crippen MR) is 80.0 cm³/mol. The Bertz CT molecular complexity index is 327. The van der Waals surface area contributed by atoms with Crippen molar-refractivity contribution in [1.29, 1.82) is 0 Å². The van der Waals surface area contributed by atoms with Gasteiger partial charge in [0.2, 0.25) is 0 Å². The molecule has 122 valence electrons. The standard InChI is InChI=1S/C12H28O6SSi/c1-6-16-20(17-7-2,18-8-3)10-9-19(13,14)15-11-12(4)5/h12H,6-11H2,1-5H3. The van der Waals surface area contributed by atoms with E-state index in [4.69, 9.17) is 17.5 Å². The lowest BCUT2D eigenvalue weighted by Crippen LogP contribution is -2.47. The Morgan fingerprint density at radius 2 is 1.40 bits per heavy atom. The zero-order chi connectivity index (χ0) is 15.6. The molecule has 8 heteroatoms. The van der Waals surface area contributed by atoms with Crippen molar-refractivity contribution in [2.75, 3.05) is 32.2 Å². The van der Waals surface area contributed by atoms with E-state index in [1.807, 2.05) is 34.6 Å². The zero-order valence-corrected chi connectivity index (χ0v) is 15.0. The van der Waals surface area contributed by atoms with Crippen molar-refractivity contribution in [3.8, 4) is 0 Å². The normalized spacial score (nSPS) is 13.1. The van der Waals surface area contributed by atoms with Crippen LogP contribution < -0.4 is 0 Å². The van der Waals surface area contributed by atoms with E-state index in [1.54, 1.807) is 0 Å². The van der Waals surface area contributed by atoms with Gasteiger partial charge < -0.3 is 13.3 Å². The maximum Gasteiger partial charge on any atom is 0.502 e. The van der Waals surface area contributed by atoms with Crippen molar-refractivity contribution in [1.82, 2.24) is 0 Å². The summed E-state index contributed by atoms with van der Waals surface area (Å²) in [6, 6.07) is 0.211. The van der Waals surface area contributed by atoms with E-state index in [0.717, 1.165) is 0 Å². The average molecular weight is 329 g/mol. The van der Waals surface area contributed by atoms with Gasteiger partial charge in [0, 0.05) is 25.9 Å². The van der Waals surface area contributed by atoms with Crippen molar-refractivity contribution in [2.45, 2.75) is 40.7 Å². The molecule has 0 rings (SSSR count). The summed E-state index contributed by atoms with van der Waals surface area (Å²) in [6.45, 7) is 10.8. The highest BCUT2D eigenvalue weighted by molar-refractivity contribution is 7.86. The second-order valence-corrected chi connectivity index (χ2v) is 9.16. The van der Waals surface area contributed by atoms with E-state index in [1.165, 1.54) is 0 Å². The van der Waals surface area contributed by atoms with Gasteiger partial charge in [-0.2, -0.15) is 8.42 Å². The van der Waals surface area contributed by atoms with E-state index < -0.39 is 18.9 Å². The summed E-state index contributed by atoms with van der Waals surface area (Å²) in [4.78, 5) is 0. The molecule has 0 aromatic rings. The Morgan fingerprint density at radius 1 is 0.950 bits per heavy atom. The van der Waals surface area contributed by atoms with Gasteiger partial charge in [0.25, 0.3) is 10.1 Å². The van der Waals surface area contributed by atoms with Crippen LogP contribution in [0.2, 0.25) is 6.04 Å². The fourth-order valence-corrected chi connectivity index (χ4v) is 6.15. The third kappa shape index (κ3) is 8.33. The SMILES string of the molecule is CCO[Si](CCS(=O)(=O)OCC(C)C)(OCC)OCC. The van der Waals surface area contributed by atoms with Crippen LogP contribution in [0.3, 0.4) is 0 Å². The first kappa shape index (κ1) is 20.0. The Labute approximate surface area is 124 Å². The molecule has 0 saturated carbocycles. The highest BCUT2D eigenvalue weighted by atomic mass is 32.2. The first-order valence-corrected chi connectivity index (χ1v) is 10.6. The Morgan fingerprint density at radius 3 is 1.75 bits per heavy atom. The molecule has 6 nitrogen and oxygen atoms in total. The summed E-state index contributed by atoms with van der Waals surface area (Å²) in [5.41, 5.74) is 0. The second kappa shape index (κ2) is 9.86. The molecule has 0 aromatic carbocycles. The molecule has 0 radical (unpaired) electrons. The highest BCUT2D eigenvalue weighted by Crippen LogP contribution is 2.18. The van der Waals surface area contributed by atoms with Crippen molar-refractivity contribution < 1.29 is 25.9 Å². The summed E-state index contributed by atoms with van der Waals surface area (Å²) in [5.74, 6) is 0.0174. The van der Waals surface area contributed by atoms with Crippen LogP contribution >= 0.6 is 0 Å². The van der Waals surface area contributed by atoms with Gasteiger partial charge in [-0.1, -0.05) is 13.8 Å². The molecule has 0 spiro atoms. The summed E-state index contributed by atoms with van der Waals surface area (Å²) in [7, 11) is -6.49. The van der Waals surface area contributed by atoms with Gasteiger partial charge in [-0.25, -0.2) is 0 Å². The molecule has 0 aliphatic heterocycles. The third-order valence-corrected chi connectivity index (χ3v) is 6.94. The minimum absolute atomic E-state index is 0.147. The van der Waals surface area contributed by atoms with E-state index in [0.29, 0.717) is 19.8 Å². The van der Waals surface area contributed by atoms with Crippen molar-refractivity contribution in [3.63, 3.8) is 0 Å². The average Bonchev–Trinajstić information content (AvgIpc) is 2.36. The first-order chi connectivity index (χ1) is 9.31. The first-order valence-electron chi connectivity index (χ1n) is 7.09. The topological polar surface area (TPSA) is 71.1 Å². The largest absolute Gasteiger partial charge is 0.502 e. The molecule has 0 heterocycles. The number of hydrogen-bond donors (Lipinski definition) is 0. The number of rotatable bonds is 12. The van der Waals surface area contributed by atoms with Crippen LogP contribution in [0, 0.1) is 5.92 Å². The zero-order valence-electron chi connectivity index (χ0n) is 13.2. The summed E-state index contributed by atoms with van der Waals surface area (Å²) < 4.78 is 45.4. The van der Waals surface area contributed by atoms with E-state index >= 15 is 0 Å². The lowest BCUT2D eigenvalue weighted by Gasteiger charge is -2.28.